The van der Waals surface area contributed by atoms with Crippen LogP contribution < -0.4 is 20.1 Å². The number of nitrogens with zero attached hydrogens (tertiary/aromatic N) is 2. The number of aromatic nitrogens is 2. The molecule has 0 radical (unpaired) electrons. The average Bonchev–Trinajstić information content (AvgIpc) is 2.84. The quantitative estimate of drug-likeness (QED) is 0.301. The highest BCUT2D eigenvalue weighted by Gasteiger charge is 2.26. The highest BCUT2D eigenvalue weighted by Crippen LogP contribution is 2.32. The first-order valence-corrected chi connectivity index (χ1v) is 12.1. The maximum Gasteiger partial charge on any atom is 0.128 e. The maximum absolute atomic E-state index is 6.57. The maximum atomic E-state index is 6.57. The fourth-order valence-electron chi connectivity index (χ4n) is 4.59. The molecule has 5 rings (SSSR count). The van der Waals surface area contributed by atoms with Crippen molar-refractivity contribution in [1.29, 1.82) is 0 Å². The first-order chi connectivity index (χ1) is 16.5. The molecule has 1 saturated carbocycles. The molecule has 0 bridgehead atoms. The summed E-state index contributed by atoms with van der Waals surface area (Å²) in [5, 5.41) is 10.3. The highest BCUT2D eigenvalue weighted by atomic mass is 35.5. The molecule has 2 atom stereocenters. The molecule has 176 valence electrons. The van der Waals surface area contributed by atoms with Gasteiger partial charge in [0.2, 0.25) is 0 Å². The number of nitrogens with one attached hydrogen (secondary N) is 2. The molecule has 6 nitrogen and oxygen atoms in total. The Morgan fingerprint density at radius 2 is 1.15 bits per heavy atom. The Kier molecular flexibility index (Phi) is 6.53. The lowest BCUT2D eigenvalue weighted by Gasteiger charge is -2.33. The molecular formula is C26H26Cl2N4O2. The Hall–Kier alpha value is -2.96. The lowest BCUT2D eigenvalue weighted by molar-refractivity contribution is 0.415. The average molecular weight is 497 g/mol. The van der Waals surface area contributed by atoms with Crippen LogP contribution in [0.15, 0.2) is 48.5 Å². The number of hydrogen-bond donors (Lipinski definition) is 2. The van der Waals surface area contributed by atoms with Crippen LogP contribution in [0.25, 0.3) is 21.8 Å². The largest absolute Gasteiger partial charge is 0.497 e. The lowest BCUT2D eigenvalue weighted by atomic mass is 9.90. The number of methoxy groups -OCH3 is 2. The van der Waals surface area contributed by atoms with Gasteiger partial charge in [-0.3, -0.25) is 0 Å². The summed E-state index contributed by atoms with van der Waals surface area (Å²) in [6.45, 7) is 0. The van der Waals surface area contributed by atoms with E-state index in [1.54, 1.807) is 14.2 Å². The standard InChI is InChI=1S/C26H26Cl2N4O2/c1-33-15-7-9-17-19(27)13-25(31-23(17)11-15)29-21-5-3-4-6-22(21)30-26-14-20(28)18-10-8-16(34-2)12-24(18)32-26/h7-14,21-22H,3-6H2,1-2H3,(H,29,31)(H,30,32)/t21-,22-/m1/s1. The van der Waals surface area contributed by atoms with Crippen LogP contribution in [0.3, 0.4) is 0 Å². The van der Waals surface area contributed by atoms with Crippen LogP contribution in [0.4, 0.5) is 11.6 Å². The molecule has 0 saturated heterocycles. The summed E-state index contributed by atoms with van der Waals surface area (Å²) in [6, 6.07) is 15.6. The molecule has 34 heavy (non-hydrogen) atoms. The summed E-state index contributed by atoms with van der Waals surface area (Å²) in [6.07, 6.45) is 4.33. The normalized spacial score (nSPS) is 18.1. The molecule has 2 N–H and O–H groups in total. The van der Waals surface area contributed by atoms with Gasteiger partial charge in [0.15, 0.2) is 0 Å². The van der Waals surface area contributed by atoms with Gasteiger partial charge in [0.1, 0.15) is 23.1 Å². The molecule has 1 aliphatic rings. The minimum atomic E-state index is 0.168. The van der Waals surface area contributed by atoms with E-state index in [2.05, 4.69) is 10.6 Å². The molecule has 4 aromatic rings. The predicted molar refractivity (Wildman–Crippen MR) is 140 cm³/mol. The van der Waals surface area contributed by atoms with E-state index >= 15 is 0 Å². The Balaban J connectivity index is 1.41. The SMILES string of the molecule is COc1ccc2c(Cl)cc(N[C@@H]3CCCC[C@H]3Nc3cc(Cl)c4ccc(OC)cc4n3)nc2c1. The Labute approximate surface area is 208 Å². The first-order valence-electron chi connectivity index (χ1n) is 11.4. The van der Waals surface area contributed by atoms with Gasteiger partial charge in [-0.25, -0.2) is 9.97 Å². The molecule has 0 amide bonds. The molecule has 0 aliphatic heterocycles. The van der Waals surface area contributed by atoms with Gasteiger partial charge in [-0.2, -0.15) is 0 Å². The fraction of sp³-hybridized carbons (Fsp3) is 0.308. The van der Waals surface area contributed by atoms with Gasteiger partial charge in [0.25, 0.3) is 0 Å². The summed E-state index contributed by atoms with van der Waals surface area (Å²) in [5.74, 6) is 3.00. The van der Waals surface area contributed by atoms with E-state index in [4.69, 9.17) is 42.6 Å². The highest BCUT2D eigenvalue weighted by molar-refractivity contribution is 6.36. The van der Waals surface area contributed by atoms with Gasteiger partial charge in [0, 0.05) is 35.0 Å². The number of fused-ring (bicyclic) bond motifs is 2. The molecule has 1 fully saturated rings. The van der Waals surface area contributed by atoms with Crippen molar-refractivity contribution in [2.75, 3.05) is 24.9 Å². The lowest BCUT2D eigenvalue weighted by Crippen LogP contribution is -2.42. The molecule has 8 heteroatoms. The number of ether oxygens (including phenoxy) is 2. The van der Waals surface area contributed by atoms with E-state index in [1.807, 2.05) is 48.5 Å². The van der Waals surface area contributed by atoms with Crippen LogP contribution in [-0.2, 0) is 0 Å². The molecule has 2 aromatic heterocycles. The minimum absolute atomic E-state index is 0.168. The smallest absolute Gasteiger partial charge is 0.128 e. The van der Waals surface area contributed by atoms with Crippen LogP contribution >= 0.6 is 23.2 Å². The van der Waals surface area contributed by atoms with Gasteiger partial charge in [-0.05, 0) is 49.2 Å². The third kappa shape index (κ3) is 4.65. The van der Waals surface area contributed by atoms with Crippen LogP contribution in [0.5, 0.6) is 11.5 Å². The van der Waals surface area contributed by atoms with Gasteiger partial charge in [-0.1, -0.05) is 36.0 Å². The summed E-state index contributed by atoms with van der Waals surface area (Å²) in [7, 11) is 3.29. The molecular weight excluding hydrogens is 471 g/mol. The van der Waals surface area contributed by atoms with Crippen LogP contribution in [-0.4, -0.2) is 36.3 Å². The number of halogens is 2. The monoisotopic (exact) mass is 496 g/mol. The van der Waals surface area contributed by atoms with Crippen molar-refractivity contribution >= 4 is 56.6 Å². The molecule has 2 aromatic carbocycles. The van der Waals surface area contributed by atoms with Crippen LogP contribution in [0.2, 0.25) is 10.0 Å². The van der Waals surface area contributed by atoms with Crippen molar-refractivity contribution < 1.29 is 9.47 Å². The number of pyridine rings is 2. The summed E-state index contributed by atoms with van der Waals surface area (Å²) < 4.78 is 10.7. The zero-order valence-electron chi connectivity index (χ0n) is 19.1. The predicted octanol–water partition coefficient (Wildman–Crippen LogP) is 6.94. The minimum Gasteiger partial charge on any atom is -0.497 e. The second kappa shape index (κ2) is 9.72. The van der Waals surface area contributed by atoms with E-state index in [-0.39, 0.29) is 12.1 Å². The molecule has 2 heterocycles. The Morgan fingerprint density at radius 1 is 0.706 bits per heavy atom. The van der Waals surface area contributed by atoms with Gasteiger partial charge < -0.3 is 20.1 Å². The van der Waals surface area contributed by atoms with Crippen LogP contribution in [0, 0.1) is 0 Å². The second-order valence-corrected chi connectivity index (χ2v) is 9.35. The molecule has 0 unspecified atom stereocenters. The Bertz CT molecular complexity index is 1240. The van der Waals surface area contributed by atoms with Gasteiger partial charge in [-0.15, -0.1) is 0 Å². The van der Waals surface area contributed by atoms with Crippen LogP contribution in [0.1, 0.15) is 25.7 Å². The van der Waals surface area contributed by atoms with Crippen molar-refractivity contribution in [3.63, 3.8) is 0 Å². The molecule has 0 spiro atoms. The van der Waals surface area contributed by atoms with Crippen molar-refractivity contribution in [1.82, 2.24) is 9.97 Å². The topological polar surface area (TPSA) is 68.3 Å². The third-order valence-corrected chi connectivity index (χ3v) is 6.99. The summed E-state index contributed by atoms with van der Waals surface area (Å²) >= 11 is 13.1. The van der Waals surface area contributed by atoms with Gasteiger partial charge >= 0.3 is 0 Å². The van der Waals surface area contributed by atoms with E-state index in [0.717, 1.165) is 70.6 Å². The number of rotatable bonds is 6. The van der Waals surface area contributed by atoms with E-state index in [0.29, 0.717) is 10.0 Å². The zero-order valence-corrected chi connectivity index (χ0v) is 20.6. The zero-order chi connectivity index (χ0) is 23.7. The number of anilines is 2. The van der Waals surface area contributed by atoms with E-state index < -0.39 is 0 Å². The van der Waals surface area contributed by atoms with Crippen molar-refractivity contribution in [2.24, 2.45) is 0 Å². The fourth-order valence-corrected chi connectivity index (χ4v) is 5.12. The first kappa shape index (κ1) is 22.8. The molecule has 1 aliphatic carbocycles. The van der Waals surface area contributed by atoms with Gasteiger partial charge in [0.05, 0.1) is 35.3 Å². The van der Waals surface area contributed by atoms with Crippen molar-refractivity contribution in [3.05, 3.63) is 58.6 Å². The van der Waals surface area contributed by atoms with Crippen molar-refractivity contribution in [2.45, 2.75) is 37.8 Å². The van der Waals surface area contributed by atoms with E-state index in [1.165, 1.54) is 0 Å². The Morgan fingerprint density at radius 3 is 1.56 bits per heavy atom. The summed E-state index contributed by atoms with van der Waals surface area (Å²) in [4.78, 5) is 9.60. The second-order valence-electron chi connectivity index (χ2n) is 8.53. The van der Waals surface area contributed by atoms with Crippen molar-refractivity contribution in [3.8, 4) is 11.5 Å². The number of hydrogen-bond acceptors (Lipinski definition) is 6. The van der Waals surface area contributed by atoms with E-state index in [9.17, 15) is 0 Å². The number of benzene rings is 2. The third-order valence-electron chi connectivity index (χ3n) is 6.37. The summed E-state index contributed by atoms with van der Waals surface area (Å²) in [5.41, 5.74) is 1.60.